The minimum Gasteiger partial charge on any atom is -0.490 e. The summed E-state index contributed by atoms with van der Waals surface area (Å²) >= 11 is 0. The van der Waals surface area contributed by atoms with E-state index < -0.39 is 18.6 Å². The van der Waals surface area contributed by atoms with Crippen molar-refractivity contribution < 1.29 is 24.3 Å². The smallest absolute Gasteiger partial charge is 0.258 e. The fourth-order valence-electron chi connectivity index (χ4n) is 3.91. The fraction of sp³-hybridized carbons (Fsp3) is 0.462. The molecule has 0 aliphatic rings. The van der Waals surface area contributed by atoms with Gasteiger partial charge in [-0.05, 0) is 69.5 Å². The Balaban J connectivity index is 1.81. The maximum Gasteiger partial charge on any atom is 0.258 e. The van der Waals surface area contributed by atoms with Gasteiger partial charge in [0.2, 0.25) is 11.7 Å². The predicted molar refractivity (Wildman–Crippen MR) is 137 cm³/mol. The molecule has 0 aliphatic carbocycles. The summed E-state index contributed by atoms with van der Waals surface area (Å²) in [4.78, 5) is 22.6. The highest BCUT2D eigenvalue weighted by molar-refractivity contribution is 5.76. The number of aryl methyl sites for hydroxylation is 3. The van der Waals surface area contributed by atoms with E-state index in [1.807, 2.05) is 45.0 Å². The number of pyridine rings is 1. The number of benzene rings is 1. The number of amides is 1. The van der Waals surface area contributed by atoms with Gasteiger partial charge in [-0.3, -0.25) is 4.79 Å². The minimum absolute atomic E-state index is 0.000133. The number of aromatic nitrogens is 3. The summed E-state index contributed by atoms with van der Waals surface area (Å²) in [5, 5.41) is 25.5. The van der Waals surface area contributed by atoms with Gasteiger partial charge in [-0.2, -0.15) is 4.98 Å². The molecule has 0 bridgehead atoms. The highest BCUT2D eigenvalue weighted by atomic mass is 16.5. The van der Waals surface area contributed by atoms with Crippen molar-refractivity contribution in [2.45, 2.75) is 47.1 Å². The molecule has 3 N–H and O–H groups in total. The monoisotopic (exact) mass is 497 g/mol. The summed E-state index contributed by atoms with van der Waals surface area (Å²) in [7, 11) is 0. The summed E-state index contributed by atoms with van der Waals surface area (Å²) in [5.74, 6) is 1.90. The first-order valence-electron chi connectivity index (χ1n) is 12.2. The third kappa shape index (κ3) is 6.58. The molecule has 10 heteroatoms. The van der Waals surface area contributed by atoms with E-state index in [4.69, 9.17) is 14.4 Å². The molecule has 194 valence electrons. The second-order valence-corrected chi connectivity index (χ2v) is 8.51. The minimum atomic E-state index is -0.909. The van der Waals surface area contributed by atoms with Gasteiger partial charge in [0.05, 0.1) is 0 Å². The quantitative estimate of drug-likeness (QED) is 0.345. The molecule has 0 saturated heterocycles. The Morgan fingerprint density at radius 1 is 1.11 bits per heavy atom. The number of nitrogens with zero attached hydrogens (tertiary/aromatic N) is 4. The maximum absolute atomic E-state index is 11.2. The molecule has 0 fully saturated rings. The van der Waals surface area contributed by atoms with Gasteiger partial charge in [-0.1, -0.05) is 12.1 Å². The summed E-state index contributed by atoms with van der Waals surface area (Å²) in [6.45, 7) is 11.1. The van der Waals surface area contributed by atoms with Crippen molar-refractivity contribution in [3.05, 3.63) is 41.1 Å². The van der Waals surface area contributed by atoms with Crippen LogP contribution in [-0.4, -0.2) is 70.2 Å². The number of nitrogens with one attached hydrogen (secondary N) is 1. The zero-order chi connectivity index (χ0) is 26.2. The van der Waals surface area contributed by atoms with Crippen LogP contribution in [0.15, 0.2) is 28.8 Å². The molecule has 0 spiro atoms. The van der Waals surface area contributed by atoms with Gasteiger partial charge in [0.1, 0.15) is 30.9 Å². The lowest BCUT2D eigenvalue weighted by Crippen LogP contribution is -2.36. The Labute approximate surface area is 211 Å². The van der Waals surface area contributed by atoms with E-state index in [0.29, 0.717) is 23.9 Å². The van der Waals surface area contributed by atoms with Crippen LogP contribution in [0.3, 0.4) is 0 Å². The van der Waals surface area contributed by atoms with E-state index in [9.17, 15) is 9.90 Å². The zero-order valence-corrected chi connectivity index (χ0v) is 21.5. The maximum atomic E-state index is 11.2. The lowest BCUT2D eigenvalue weighted by molar-refractivity contribution is -0.124. The van der Waals surface area contributed by atoms with Crippen molar-refractivity contribution in [3.63, 3.8) is 0 Å². The van der Waals surface area contributed by atoms with Crippen LogP contribution in [0.5, 0.6) is 5.75 Å². The Kier molecular flexibility index (Phi) is 9.38. The second-order valence-electron chi connectivity index (χ2n) is 8.51. The lowest BCUT2D eigenvalue weighted by atomic mass is 10.0. The number of hydrogen-bond donors (Lipinski definition) is 3. The summed E-state index contributed by atoms with van der Waals surface area (Å²) < 4.78 is 11.5. The molecular weight excluding hydrogens is 462 g/mol. The van der Waals surface area contributed by atoms with Gasteiger partial charge in [0.25, 0.3) is 5.89 Å². The van der Waals surface area contributed by atoms with Crippen LogP contribution in [0.1, 0.15) is 37.6 Å². The molecule has 3 rings (SSSR count). The molecule has 1 atom stereocenters. The van der Waals surface area contributed by atoms with Crippen LogP contribution >= 0.6 is 0 Å². The number of aliphatic hydroxyl groups excluding tert-OH is 2. The van der Waals surface area contributed by atoms with Crippen LogP contribution < -0.4 is 15.0 Å². The van der Waals surface area contributed by atoms with Gasteiger partial charge >= 0.3 is 0 Å². The van der Waals surface area contributed by atoms with E-state index in [0.717, 1.165) is 46.9 Å². The highest BCUT2D eigenvalue weighted by Crippen LogP contribution is 2.32. The molecular formula is C26H35N5O5. The largest absolute Gasteiger partial charge is 0.490 e. The SMILES string of the molecule is CCc1cc(-c2nc(-c3cc(C)nc(N(CC)CC)c3)no2)cc(C)c1OC[C@H](O)CNC(=O)CO. The van der Waals surface area contributed by atoms with Gasteiger partial charge in [0, 0.05) is 36.5 Å². The molecule has 3 aromatic rings. The third-order valence-corrected chi connectivity index (χ3v) is 5.79. The predicted octanol–water partition coefficient (Wildman–Crippen LogP) is 2.67. The second kappa shape index (κ2) is 12.5. The van der Waals surface area contributed by atoms with Crippen LogP contribution in [0.25, 0.3) is 22.8 Å². The first-order chi connectivity index (χ1) is 17.3. The van der Waals surface area contributed by atoms with Crippen LogP contribution in [0, 0.1) is 13.8 Å². The molecule has 0 saturated carbocycles. The Morgan fingerprint density at radius 2 is 1.86 bits per heavy atom. The average Bonchev–Trinajstić information content (AvgIpc) is 3.37. The highest BCUT2D eigenvalue weighted by Gasteiger charge is 2.18. The number of hydrogen-bond acceptors (Lipinski definition) is 9. The number of anilines is 1. The van der Waals surface area contributed by atoms with Gasteiger partial charge in [-0.25, -0.2) is 4.98 Å². The summed E-state index contributed by atoms with van der Waals surface area (Å²) in [5.41, 5.74) is 4.29. The first-order valence-corrected chi connectivity index (χ1v) is 12.2. The number of ether oxygens (including phenoxy) is 1. The first kappa shape index (κ1) is 27.1. The normalized spacial score (nSPS) is 11.9. The van der Waals surface area contributed by atoms with E-state index in [1.165, 1.54) is 0 Å². The third-order valence-electron chi connectivity index (χ3n) is 5.79. The number of carbonyl (C=O) groups excluding carboxylic acids is 1. The molecule has 0 radical (unpaired) electrons. The van der Waals surface area contributed by atoms with Gasteiger partial charge in [-0.15, -0.1) is 0 Å². The van der Waals surface area contributed by atoms with Crippen LogP contribution in [0.2, 0.25) is 0 Å². The van der Waals surface area contributed by atoms with Crippen molar-refractivity contribution in [1.29, 1.82) is 0 Å². The molecule has 0 unspecified atom stereocenters. The molecule has 0 aliphatic heterocycles. The number of rotatable bonds is 12. The van der Waals surface area contributed by atoms with E-state index in [-0.39, 0.29) is 13.2 Å². The van der Waals surface area contributed by atoms with E-state index in [1.54, 1.807) is 0 Å². The zero-order valence-electron chi connectivity index (χ0n) is 21.5. The van der Waals surface area contributed by atoms with Crippen molar-refractivity contribution in [2.24, 2.45) is 0 Å². The summed E-state index contributed by atoms with van der Waals surface area (Å²) in [6.07, 6.45) is -0.216. The van der Waals surface area contributed by atoms with Crippen molar-refractivity contribution in [3.8, 4) is 28.6 Å². The fourth-order valence-corrected chi connectivity index (χ4v) is 3.91. The Bertz CT molecular complexity index is 1180. The topological polar surface area (TPSA) is 134 Å². The standard InChI is InChI=1S/C26H35N5O5/c1-6-18-11-20(9-16(4)24(18)35-15-21(33)13-27-23(34)14-32)26-29-25(30-36-26)19-10-17(5)28-22(12-19)31(7-2)8-3/h9-12,21,32-33H,6-8,13-15H2,1-5H3,(H,27,34)/t21-/m1/s1. The molecule has 1 aromatic carbocycles. The van der Waals surface area contributed by atoms with E-state index in [2.05, 4.69) is 39.2 Å². The lowest BCUT2D eigenvalue weighted by Gasteiger charge is -2.20. The van der Waals surface area contributed by atoms with E-state index >= 15 is 0 Å². The number of carbonyl (C=O) groups is 1. The van der Waals surface area contributed by atoms with Gasteiger partial charge < -0.3 is 29.7 Å². The van der Waals surface area contributed by atoms with Crippen LogP contribution in [0.4, 0.5) is 5.82 Å². The average molecular weight is 498 g/mol. The number of aliphatic hydroxyl groups is 2. The van der Waals surface area contributed by atoms with Gasteiger partial charge in [0.15, 0.2) is 0 Å². The Hall–Kier alpha value is -3.50. The molecule has 2 aromatic heterocycles. The summed E-state index contributed by atoms with van der Waals surface area (Å²) in [6, 6.07) is 7.77. The van der Waals surface area contributed by atoms with Crippen molar-refractivity contribution in [2.75, 3.05) is 37.7 Å². The van der Waals surface area contributed by atoms with Crippen LogP contribution in [-0.2, 0) is 11.2 Å². The molecule has 36 heavy (non-hydrogen) atoms. The molecule has 10 nitrogen and oxygen atoms in total. The van der Waals surface area contributed by atoms with Crippen molar-refractivity contribution >= 4 is 11.7 Å². The van der Waals surface area contributed by atoms with Crippen molar-refractivity contribution in [1.82, 2.24) is 20.4 Å². The molecule has 1 amide bonds. The Morgan fingerprint density at radius 3 is 2.53 bits per heavy atom. The molecule has 2 heterocycles.